The molecular weight excluding hydrogens is 378 g/mol. The highest BCUT2D eigenvalue weighted by molar-refractivity contribution is 6.12. The number of benzene rings is 3. The largest absolute Gasteiger partial charge is 0.495 e. The van der Waals surface area contributed by atoms with Gasteiger partial charge in [0.2, 0.25) is 0 Å². The van der Waals surface area contributed by atoms with Gasteiger partial charge >= 0.3 is 0 Å². The second-order valence-corrected chi connectivity index (χ2v) is 7.09. The van der Waals surface area contributed by atoms with Crippen molar-refractivity contribution in [1.29, 1.82) is 0 Å². The molecule has 30 heavy (non-hydrogen) atoms. The van der Waals surface area contributed by atoms with Crippen molar-refractivity contribution in [3.63, 3.8) is 0 Å². The second kappa shape index (κ2) is 7.87. The summed E-state index contributed by atoms with van der Waals surface area (Å²) >= 11 is 0. The van der Waals surface area contributed by atoms with Crippen molar-refractivity contribution in [1.82, 2.24) is 0 Å². The van der Waals surface area contributed by atoms with Gasteiger partial charge in [0.05, 0.1) is 23.7 Å². The number of amides is 1. The molecule has 0 aliphatic rings. The highest BCUT2D eigenvalue weighted by Crippen LogP contribution is 2.29. The average Bonchev–Trinajstić information content (AvgIpc) is 2.76. The lowest BCUT2D eigenvalue weighted by Crippen LogP contribution is -2.15. The fraction of sp³-hybridized carbons (Fsp3) is 0.120. The third-order valence-electron chi connectivity index (χ3n) is 5.03. The first-order valence-electron chi connectivity index (χ1n) is 9.57. The van der Waals surface area contributed by atoms with E-state index < -0.39 is 0 Å². The quantitative estimate of drug-likeness (QED) is 0.503. The summed E-state index contributed by atoms with van der Waals surface area (Å²) in [6, 6.07) is 19.9. The molecule has 0 bridgehead atoms. The van der Waals surface area contributed by atoms with E-state index in [2.05, 4.69) is 5.32 Å². The molecule has 0 unspecified atom stereocenters. The van der Waals surface area contributed by atoms with Crippen LogP contribution >= 0.6 is 0 Å². The Hall–Kier alpha value is -3.86. The summed E-state index contributed by atoms with van der Waals surface area (Å²) < 4.78 is 11.5. The standard InChI is InChI=1S/C25H21NO4/c1-15-12-13-21(29-3)20(14-15)26-25(28)19-11-7-10-18-22(27)16(2)23(30-24(18)19)17-8-5-4-6-9-17/h4-14H,1-3H3,(H,26,28). The van der Waals surface area contributed by atoms with Crippen molar-refractivity contribution >= 4 is 22.6 Å². The van der Waals surface area contributed by atoms with Crippen LogP contribution in [0.15, 0.2) is 75.9 Å². The molecular formula is C25H21NO4. The lowest BCUT2D eigenvalue weighted by Gasteiger charge is -2.13. The summed E-state index contributed by atoms with van der Waals surface area (Å²) in [7, 11) is 1.55. The molecule has 0 saturated heterocycles. The van der Waals surface area contributed by atoms with Gasteiger partial charge in [-0.3, -0.25) is 9.59 Å². The van der Waals surface area contributed by atoms with Gasteiger partial charge < -0.3 is 14.5 Å². The van der Waals surface area contributed by atoms with Crippen LogP contribution in [-0.4, -0.2) is 13.0 Å². The minimum Gasteiger partial charge on any atom is -0.495 e. The lowest BCUT2D eigenvalue weighted by molar-refractivity contribution is 0.102. The first-order valence-corrected chi connectivity index (χ1v) is 9.57. The van der Waals surface area contributed by atoms with Crippen molar-refractivity contribution in [2.24, 2.45) is 0 Å². The monoisotopic (exact) mass is 399 g/mol. The number of fused-ring (bicyclic) bond motifs is 1. The Kier molecular flexibility index (Phi) is 5.11. The third-order valence-corrected chi connectivity index (χ3v) is 5.03. The summed E-state index contributed by atoms with van der Waals surface area (Å²) in [6.45, 7) is 3.67. The van der Waals surface area contributed by atoms with Crippen molar-refractivity contribution < 1.29 is 13.9 Å². The highest BCUT2D eigenvalue weighted by atomic mass is 16.5. The van der Waals surface area contributed by atoms with Crippen LogP contribution in [0.3, 0.4) is 0 Å². The molecule has 4 rings (SSSR count). The summed E-state index contributed by atoms with van der Waals surface area (Å²) in [5, 5.41) is 3.25. The Bertz CT molecular complexity index is 1310. The average molecular weight is 399 g/mol. The zero-order valence-electron chi connectivity index (χ0n) is 17.0. The van der Waals surface area contributed by atoms with Gasteiger partial charge in [-0.15, -0.1) is 0 Å². The first-order chi connectivity index (χ1) is 14.5. The predicted octanol–water partition coefficient (Wildman–Crippen LogP) is 5.34. The van der Waals surface area contributed by atoms with E-state index in [1.165, 1.54) is 0 Å². The molecule has 5 heteroatoms. The van der Waals surface area contributed by atoms with Crippen LogP contribution in [0.2, 0.25) is 0 Å². The van der Waals surface area contributed by atoms with Gasteiger partial charge in [0.1, 0.15) is 11.5 Å². The van der Waals surface area contributed by atoms with Crippen LogP contribution in [0.25, 0.3) is 22.3 Å². The van der Waals surface area contributed by atoms with E-state index in [1.807, 2.05) is 49.4 Å². The maximum Gasteiger partial charge on any atom is 0.259 e. The van der Waals surface area contributed by atoms with Crippen LogP contribution in [-0.2, 0) is 0 Å². The summed E-state index contributed by atoms with van der Waals surface area (Å²) in [5.74, 6) is 0.633. The van der Waals surface area contributed by atoms with Crippen LogP contribution in [0.4, 0.5) is 5.69 Å². The first kappa shape index (κ1) is 19.5. The summed E-state index contributed by atoms with van der Waals surface area (Å²) in [6.07, 6.45) is 0. The van der Waals surface area contributed by atoms with Gasteiger partial charge in [0.25, 0.3) is 5.91 Å². The van der Waals surface area contributed by atoms with Gasteiger partial charge in [-0.1, -0.05) is 42.5 Å². The molecule has 0 aliphatic carbocycles. The van der Waals surface area contributed by atoms with Crippen molar-refractivity contribution in [2.45, 2.75) is 13.8 Å². The maximum absolute atomic E-state index is 13.1. The number of rotatable bonds is 4. The Morgan fingerprint density at radius 3 is 2.47 bits per heavy atom. The van der Waals surface area contributed by atoms with E-state index in [1.54, 1.807) is 38.3 Å². The molecule has 1 N–H and O–H groups in total. The minimum atomic E-state index is -0.379. The van der Waals surface area contributed by atoms with Crippen LogP contribution in [0.1, 0.15) is 21.5 Å². The number of aryl methyl sites for hydroxylation is 1. The number of anilines is 1. The van der Waals surface area contributed by atoms with Crippen molar-refractivity contribution in [2.75, 3.05) is 12.4 Å². The summed E-state index contributed by atoms with van der Waals surface area (Å²) in [4.78, 5) is 26.1. The Morgan fingerprint density at radius 2 is 1.73 bits per heavy atom. The molecule has 0 spiro atoms. The molecule has 0 radical (unpaired) electrons. The predicted molar refractivity (Wildman–Crippen MR) is 118 cm³/mol. The van der Waals surface area contributed by atoms with Crippen LogP contribution < -0.4 is 15.5 Å². The third kappa shape index (κ3) is 3.46. The van der Waals surface area contributed by atoms with E-state index in [0.717, 1.165) is 11.1 Å². The van der Waals surface area contributed by atoms with E-state index in [4.69, 9.17) is 9.15 Å². The molecule has 0 saturated carbocycles. The van der Waals surface area contributed by atoms with E-state index in [0.29, 0.717) is 28.1 Å². The number of carbonyl (C=O) groups excluding carboxylic acids is 1. The molecule has 1 aromatic heterocycles. The zero-order chi connectivity index (χ0) is 21.3. The normalized spacial score (nSPS) is 10.8. The van der Waals surface area contributed by atoms with Gasteiger partial charge in [0.15, 0.2) is 11.0 Å². The second-order valence-electron chi connectivity index (χ2n) is 7.09. The van der Waals surface area contributed by atoms with Gasteiger partial charge in [-0.2, -0.15) is 0 Å². The SMILES string of the molecule is COc1ccc(C)cc1NC(=O)c1cccc2c(=O)c(C)c(-c3ccccc3)oc12. The molecule has 4 aromatic rings. The van der Waals surface area contributed by atoms with E-state index >= 15 is 0 Å². The molecule has 3 aromatic carbocycles. The number of methoxy groups -OCH3 is 1. The fourth-order valence-corrected chi connectivity index (χ4v) is 3.46. The molecule has 0 atom stereocenters. The molecule has 150 valence electrons. The fourth-order valence-electron chi connectivity index (χ4n) is 3.46. The smallest absolute Gasteiger partial charge is 0.259 e. The molecule has 1 heterocycles. The number of carbonyl (C=O) groups is 1. The maximum atomic E-state index is 13.1. The summed E-state index contributed by atoms with van der Waals surface area (Å²) in [5.41, 5.74) is 3.21. The molecule has 1 amide bonds. The molecule has 0 fully saturated rings. The number of hydrogen-bond donors (Lipinski definition) is 1. The van der Waals surface area contributed by atoms with Gasteiger partial charge in [-0.25, -0.2) is 0 Å². The van der Waals surface area contributed by atoms with Crippen LogP contribution in [0.5, 0.6) is 5.75 Å². The van der Waals surface area contributed by atoms with E-state index in [-0.39, 0.29) is 22.5 Å². The van der Waals surface area contributed by atoms with Crippen molar-refractivity contribution in [3.8, 4) is 17.1 Å². The Morgan fingerprint density at radius 1 is 0.967 bits per heavy atom. The number of ether oxygens (including phenoxy) is 1. The van der Waals surface area contributed by atoms with E-state index in [9.17, 15) is 9.59 Å². The lowest BCUT2D eigenvalue weighted by atomic mass is 10.0. The topological polar surface area (TPSA) is 68.5 Å². The zero-order valence-corrected chi connectivity index (χ0v) is 17.0. The molecule has 0 aliphatic heterocycles. The van der Waals surface area contributed by atoms with Crippen molar-refractivity contribution in [3.05, 3.63) is 93.6 Å². The minimum absolute atomic E-state index is 0.155. The Labute approximate surface area is 173 Å². The molecule has 5 nitrogen and oxygen atoms in total. The highest BCUT2D eigenvalue weighted by Gasteiger charge is 2.19. The van der Waals surface area contributed by atoms with Gasteiger partial charge in [0, 0.05) is 11.1 Å². The Balaban J connectivity index is 1.86. The number of para-hydroxylation sites is 1. The van der Waals surface area contributed by atoms with Gasteiger partial charge in [-0.05, 0) is 43.7 Å². The number of hydrogen-bond acceptors (Lipinski definition) is 4. The van der Waals surface area contributed by atoms with Crippen LogP contribution in [0, 0.1) is 13.8 Å². The number of nitrogens with one attached hydrogen (secondary N) is 1.